The Morgan fingerprint density at radius 2 is 2.31 bits per heavy atom. The van der Waals surface area contributed by atoms with E-state index in [1.807, 2.05) is 7.05 Å². The van der Waals surface area contributed by atoms with Gasteiger partial charge in [-0.1, -0.05) is 25.0 Å². The summed E-state index contributed by atoms with van der Waals surface area (Å²) in [5.41, 5.74) is 0.0834. The molecule has 2 aromatic rings. The van der Waals surface area contributed by atoms with Crippen LogP contribution in [0.2, 0.25) is 0 Å². The second-order valence-corrected chi connectivity index (χ2v) is 5.29. The van der Waals surface area contributed by atoms with Gasteiger partial charge in [-0.05, 0) is 21.9 Å². The van der Waals surface area contributed by atoms with Crippen molar-refractivity contribution in [3.63, 3.8) is 0 Å². The number of aryl methyl sites for hydroxylation is 1. The van der Waals surface area contributed by atoms with E-state index in [1.165, 1.54) is 4.88 Å². The van der Waals surface area contributed by atoms with Gasteiger partial charge in [-0.15, -0.1) is 11.3 Å². The fraction of sp³-hybridized carbons (Fsp3) is 0.500. The van der Waals surface area contributed by atoms with Crippen LogP contribution in [0.25, 0.3) is 0 Å². The number of hydrogen-bond donors (Lipinski definition) is 1. The smallest absolute Gasteiger partial charge is 0.242 e. The van der Waals surface area contributed by atoms with Crippen LogP contribution in [0.15, 0.2) is 17.5 Å². The molecule has 0 radical (unpaired) electrons. The van der Waals surface area contributed by atoms with Gasteiger partial charge in [0.2, 0.25) is 5.95 Å². The van der Waals surface area contributed by atoms with E-state index >= 15 is 0 Å². The van der Waals surface area contributed by atoms with Gasteiger partial charge in [-0.3, -0.25) is 0 Å². The maximum Gasteiger partial charge on any atom is 0.242 e. The van der Waals surface area contributed by atoms with Gasteiger partial charge in [0.15, 0.2) is 0 Å². The summed E-state index contributed by atoms with van der Waals surface area (Å²) in [6.45, 7) is 5.22. The number of hydrogen-bond acceptors (Lipinski definition) is 5. The van der Waals surface area contributed by atoms with Crippen LogP contribution in [0.5, 0.6) is 0 Å². The monoisotopic (exact) mass is 237 g/mol. The first-order chi connectivity index (χ1) is 7.59. The molecule has 0 atom stereocenters. The fourth-order valence-corrected chi connectivity index (χ4v) is 2.28. The molecular formula is C10H15N5S. The number of aromatic nitrogens is 4. The molecule has 0 spiro atoms. The van der Waals surface area contributed by atoms with Crippen LogP contribution in [0.4, 0.5) is 5.95 Å². The predicted octanol–water partition coefficient (Wildman–Crippen LogP) is 1.66. The van der Waals surface area contributed by atoms with Crippen molar-refractivity contribution < 1.29 is 0 Å². The van der Waals surface area contributed by atoms with Crippen molar-refractivity contribution in [3.05, 3.63) is 22.4 Å². The number of anilines is 1. The van der Waals surface area contributed by atoms with Gasteiger partial charge < -0.3 is 5.32 Å². The quantitative estimate of drug-likeness (QED) is 0.878. The van der Waals surface area contributed by atoms with Crippen molar-refractivity contribution in [1.29, 1.82) is 0 Å². The second-order valence-electron chi connectivity index (χ2n) is 4.34. The molecule has 16 heavy (non-hydrogen) atoms. The summed E-state index contributed by atoms with van der Waals surface area (Å²) in [6.07, 6.45) is 0. The zero-order valence-corrected chi connectivity index (χ0v) is 10.5. The van der Waals surface area contributed by atoms with Gasteiger partial charge in [0.05, 0.1) is 0 Å². The first-order valence-electron chi connectivity index (χ1n) is 5.10. The van der Waals surface area contributed by atoms with E-state index in [4.69, 9.17) is 0 Å². The van der Waals surface area contributed by atoms with Crippen molar-refractivity contribution in [2.45, 2.75) is 19.3 Å². The highest BCUT2D eigenvalue weighted by Gasteiger charge is 2.22. The zero-order valence-electron chi connectivity index (χ0n) is 9.64. The molecule has 1 N–H and O–H groups in total. The minimum absolute atomic E-state index is 0.0834. The Morgan fingerprint density at radius 1 is 1.50 bits per heavy atom. The van der Waals surface area contributed by atoms with E-state index in [9.17, 15) is 0 Å². The summed E-state index contributed by atoms with van der Waals surface area (Å²) < 4.78 is 1.63. The van der Waals surface area contributed by atoms with E-state index in [2.05, 4.69) is 52.2 Å². The molecule has 0 aliphatic heterocycles. The molecule has 5 nitrogen and oxygen atoms in total. The molecule has 0 bridgehead atoms. The van der Waals surface area contributed by atoms with Gasteiger partial charge in [0, 0.05) is 23.9 Å². The lowest BCUT2D eigenvalue weighted by Crippen LogP contribution is -2.27. The molecule has 0 fully saturated rings. The van der Waals surface area contributed by atoms with E-state index in [0.29, 0.717) is 5.95 Å². The first-order valence-corrected chi connectivity index (χ1v) is 5.98. The summed E-state index contributed by atoms with van der Waals surface area (Å²) >= 11 is 1.77. The third-order valence-electron chi connectivity index (χ3n) is 2.50. The molecule has 0 amide bonds. The van der Waals surface area contributed by atoms with Gasteiger partial charge >= 0.3 is 0 Å². The van der Waals surface area contributed by atoms with Crippen molar-refractivity contribution in [3.8, 4) is 0 Å². The molecule has 86 valence electrons. The highest BCUT2D eigenvalue weighted by molar-refractivity contribution is 7.10. The van der Waals surface area contributed by atoms with E-state index in [-0.39, 0.29) is 5.41 Å². The lowest BCUT2D eigenvalue weighted by molar-refractivity contribution is 0.564. The van der Waals surface area contributed by atoms with Crippen LogP contribution < -0.4 is 5.32 Å². The number of rotatable bonds is 4. The van der Waals surface area contributed by atoms with Crippen molar-refractivity contribution in [2.24, 2.45) is 7.05 Å². The van der Waals surface area contributed by atoms with Gasteiger partial charge in [0.25, 0.3) is 0 Å². The molecule has 2 heterocycles. The first kappa shape index (κ1) is 11.1. The maximum atomic E-state index is 3.89. The topological polar surface area (TPSA) is 55.6 Å². The number of tetrazole rings is 1. The lowest BCUT2D eigenvalue weighted by atomic mass is 9.91. The fourth-order valence-electron chi connectivity index (χ4n) is 1.43. The normalized spacial score (nSPS) is 11.7. The molecule has 2 rings (SSSR count). The standard InChI is InChI=1S/C10H15N5S/c1-10(2,8-5-4-6-16-8)7-11-9-12-13-14-15(9)3/h4-6H,7H2,1-3H3,(H,11,12,14). The summed E-state index contributed by atoms with van der Waals surface area (Å²) in [6, 6.07) is 4.23. The maximum absolute atomic E-state index is 3.89. The lowest BCUT2D eigenvalue weighted by Gasteiger charge is -2.23. The van der Waals surface area contributed by atoms with Crippen molar-refractivity contribution in [2.75, 3.05) is 11.9 Å². The molecule has 0 aromatic carbocycles. The third kappa shape index (κ3) is 2.21. The molecule has 0 saturated heterocycles. The summed E-state index contributed by atoms with van der Waals surface area (Å²) in [4.78, 5) is 1.36. The van der Waals surface area contributed by atoms with E-state index in [1.54, 1.807) is 16.0 Å². The molecule has 0 aliphatic rings. The largest absolute Gasteiger partial charge is 0.352 e. The average Bonchev–Trinajstić information content (AvgIpc) is 2.85. The summed E-state index contributed by atoms with van der Waals surface area (Å²) in [5, 5.41) is 16.6. The molecule has 0 aliphatic carbocycles. The van der Waals surface area contributed by atoms with Crippen LogP contribution in [0.1, 0.15) is 18.7 Å². The van der Waals surface area contributed by atoms with Gasteiger partial charge in [-0.2, -0.15) is 0 Å². The Hall–Kier alpha value is -1.43. The number of thiophene rings is 1. The Labute approximate surface area is 98.5 Å². The van der Waals surface area contributed by atoms with Crippen LogP contribution in [0, 0.1) is 0 Å². The molecule has 0 unspecified atom stereocenters. The Morgan fingerprint density at radius 3 is 2.88 bits per heavy atom. The van der Waals surface area contributed by atoms with Crippen LogP contribution >= 0.6 is 11.3 Å². The highest BCUT2D eigenvalue weighted by atomic mass is 32.1. The minimum atomic E-state index is 0.0834. The van der Waals surface area contributed by atoms with Crippen LogP contribution in [0.3, 0.4) is 0 Å². The highest BCUT2D eigenvalue weighted by Crippen LogP contribution is 2.27. The SMILES string of the molecule is Cn1nnnc1NCC(C)(C)c1cccs1. The molecule has 0 saturated carbocycles. The second kappa shape index (κ2) is 4.21. The summed E-state index contributed by atoms with van der Waals surface area (Å²) in [5.74, 6) is 0.699. The third-order valence-corrected chi connectivity index (χ3v) is 3.73. The predicted molar refractivity (Wildman–Crippen MR) is 64.6 cm³/mol. The zero-order chi connectivity index (χ0) is 11.6. The Bertz CT molecular complexity index is 445. The van der Waals surface area contributed by atoms with Crippen LogP contribution in [-0.4, -0.2) is 26.8 Å². The molecule has 6 heteroatoms. The van der Waals surface area contributed by atoms with E-state index in [0.717, 1.165) is 6.54 Å². The van der Waals surface area contributed by atoms with Gasteiger partial charge in [-0.25, -0.2) is 4.68 Å². The Balaban J connectivity index is 2.03. The average molecular weight is 237 g/mol. The van der Waals surface area contributed by atoms with Gasteiger partial charge in [0.1, 0.15) is 0 Å². The van der Waals surface area contributed by atoms with Crippen LogP contribution in [-0.2, 0) is 12.5 Å². The summed E-state index contributed by atoms with van der Waals surface area (Å²) in [7, 11) is 1.82. The molecular weight excluding hydrogens is 222 g/mol. The molecule has 2 aromatic heterocycles. The van der Waals surface area contributed by atoms with Crippen molar-refractivity contribution >= 4 is 17.3 Å². The van der Waals surface area contributed by atoms with E-state index < -0.39 is 0 Å². The minimum Gasteiger partial charge on any atom is -0.352 e. The number of nitrogens with one attached hydrogen (secondary N) is 1. The van der Waals surface area contributed by atoms with Crippen molar-refractivity contribution in [1.82, 2.24) is 20.2 Å². The Kier molecular flexibility index (Phi) is 2.91. The number of nitrogens with zero attached hydrogens (tertiary/aromatic N) is 4.